The van der Waals surface area contributed by atoms with Crippen LogP contribution in [0.4, 0.5) is 0 Å². The number of aliphatic hydroxyl groups is 3. The molecule has 78 valence electrons. The molecule has 0 unspecified atom stereocenters. The van der Waals surface area contributed by atoms with Gasteiger partial charge in [-0.05, 0) is 0 Å². The van der Waals surface area contributed by atoms with E-state index in [1.54, 1.807) is 0 Å². The maximum atomic E-state index is 9.51. The van der Waals surface area contributed by atoms with Gasteiger partial charge in [0.05, 0.1) is 12.6 Å². The van der Waals surface area contributed by atoms with Crippen LogP contribution >= 0.6 is 0 Å². The average Bonchev–Trinajstić information content (AvgIpc) is 2.13. The second-order valence-electron chi connectivity index (χ2n) is 3.02. The molecule has 1 aliphatic heterocycles. The molecule has 0 aromatic heterocycles. The molecule has 6 nitrogen and oxygen atoms in total. The summed E-state index contributed by atoms with van der Waals surface area (Å²) in [6, 6.07) is -0.909. The van der Waals surface area contributed by atoms with Gasteiger partial charge in [-0.15, -0.1) is 0 Å². The van der Waals surface area contributed by atoms with Crippen LogP contribution in [0.15, 0.2) is 0 Å². The van der Waals surface area contributed by atoms with Gasteiger partial charge in [0, 0.05) is 7.11 Å². The van der Waals surface area contributed by atoms with Crippen LogP contribution in [-0.4, -0.2) is 59.7 Å². The summed E-state index contributed by atoms with van der Waals surface area (Å²) in [6.45, 7) is -0.334. The van der Waals surface area contributed by atoms with E-state index in [1.807, 2.05) is 0 Å². The minimum atomic E-state index is -1.27. The fourth-order valence-corrected chi connectivity index (χ4v) is 1.39. The molecule has 0 radical (unpaired) electrons. The van der Waals surface area contributed by atoms with E-state index in [0.29, 0.717) is 0 Å². The predicted octanol–water partition coefficient (Wildman–Crippen LogP) is -2.60. The third kappa shape index (κ3) is 1.98. The van der Waals surface area contributed by atoms with Gasteiger partial charge in [-0.25, -0.2) is 0 Å². The molecule has 5 atom stereocenters. The number of aliphatic hydroxyl groups excluding tert-OH is 3. The van der Waals surface area contributed by atoms with Crippen LogP contribution in [0.1, 0.15) is 0 Å². The summed E-state index contributed by atoms with van der Waals surface area (Å²) in [5.41, 5.74) is 5.42. The lowest BCUT2D eigenvalue weighted by molar-refractivity contribution is -0.254. The first-order chi connectivity index (χ1) is 6.11. The fraction of sp³-hybridized carbons (Fsp3) is 1.00. The first kappa shape index (κ1) is 10.8. The molecule has 1 fully saturated rings. The van der Waals surface area contributed by atoms with Crippen LogP contribution in [-0.2, 0) is 9.47 Å². The van der Waals surface area contributed by atoms with Gasteiger partial charge < -0.3 is 30.5 Å². The molecule has 0 amide bonds. The van der Waals surface area contributed by atoms with Gasteiger partial charge in [0.15, 0.2) is 6.29 Å². The van der Waals surface area contributed by atoms with Crippen molar-refractivity contribution in [3.8, 4) is 0 Å². The van der Waals surface area contributed by atoms with Crippen molar-refractivity contribution in [2.45, 2.75) is 30.6 Å². The Hall–Kier alpha value is -0.240. The highest BCUT2D eigenvalue weighted by atomic mass is 16.6. The zero-order chi connectivity index (χ0) is 10.0. The van der Waals surface area contributed by atoms with Crippen LogP contribution in [0.5, 0.6) is 0 Å². The van der Waals surface area contributed by atoms with Crippen LogP contribution in [0, 0.1) is 0 Å². The molecular formula is C7H15NO5. The monoisotopic (exact) mass is 193 g/mol. The molecule has 1 rings (SSSR count). The van der Waals surface area contributed by atoms with Gasteiger partial charge in [-0.1, -0.05) is 0 Å². The Morgan fingerprint density at radius 1 is 1.46 bits per heavy atom. The topological polar surface area (TPSA) is 105 Å². The molecule has 1 aliphatic rings. The predicted molar refractivity (Wildman–Crippen MR) is 42.7 cm³/mol. The van der Waals surface area contributed by atoms with E-state index in [0.717, 1.165) is 0 Å². The van der Waals surface area contributed by atoms with Gasteiger partial charge in [-0.2, -0.15) is 0 Å². The number of hydrogen-bond acceptors (Lipinski definition) is 6. The van der Waals surface area contributed by atoms with Crippen LogP contribution in [0.2, 0.25) is 0 Å². The second kappa shape index (κ2) is 4.32. The number of rotatable bonds is 2. The van der Waals surface area contributed by atoms with E-state index in [9.17, 15) is 10.2 Å². The molecule has 5 N–H and O–H groups in total. The lowest BCUT2D eigenvalue weighted by atomic mass is 9.98. The van der Waals surface area contributed by atoms with Crippen molar-refractivity contribution in [3.63, 3.8) is 0 Å². The zero-order valence-corrected chi connectivity index (χ0v) is 7.33. The number of methoxy groups -OCH3 is 1. The van der Waals surface area contributed by atoms with Crippen molar-refractivity contribution in [2.24, 2.45) is 5.73 Å². The maximum Gasteiger partial charge on any atom is 0.173 e. The maximum absolute atomic E-state index is 9.51. The van der Waals surface area contributed by atoms with Gasteiger partial charge in [0.2, 0.25) is 0 Å². The van der Waals surface area contributed by atoms with Crippen LogP contribution in [0.3, 0.4) is 0 Å². The van der Waals surface area contributed by atoms with Gasteiger partial charge in [0.25, 0.3) is 0 Å². The molecule has 0 aromatic carbocycles. The van der Waals surface area contributed by atoms with E-state index in [-0.39, 0.29) is 6.61 Å². The zero-order valence-electron chi connectivity index (χ0n) is 7.33. The van der Waals surface area contributed by atoms with E-state index in [2.05, 4.69) is 0 Å². The summed E-state index contributed by atoms with van der Waals surface area (Å²) in [4.78, 5) is 0. The summed E-state index contributed by atoms with van der Waals surface area (Å²) in [5, 5.41) is 27.5. The van der Waals surface area contributed by atoms with Gasteiger partial charge >= 0.3 is 0 Å². The normalized spacial score (nSPS) is 46.4. The van der Waals surface area contributed by atoms with Crippen molar-refractivity contribution < 1.29 is 24.8 Å². The van der Waals surface area contributed by atoms with E-state index >= 15 is 0 Å². The standard InChI is InChI=1S/C7H15NO5/c1-12-6-3(2-9)13-7(11)4(8)5(6)10/h3-7,9-11H,2,8H2,1H3/t3-,4-,5-,6-,7-/m1/s1. The van der Waals surface area contributed by atoms with Crippen LogP contribution in [0.25, 0.3) is 0 Å². The Morgan fingerprint density at radius 3 is 2.54 bits per heavy atom. The molecule has 13 heavy (non-hydrogen) atoms. The van der Waals surface area contributed by atoms with E-state index < -0.39 is 30.6 Å². The SMILES string of the molecule is CO[C@H]1[C@H](O)[C@@H](N)[C@H](O)O[C@@H]1CO. The molecule has 0 saturated carbocycles. The quantitative estimate of drug-likeness (QED) is 0.383. The highest BCUT2D eigenvalue weighted by molar-refractivity contribution is 4.91. The first-order valence-corrected chi connectivity index (χ1v) is 4.02. The van der Waals surface area contributed by atoms with Crippen molar-refractivity contribution in [1.82, 2.24) is 0 Å². The Morgan fingerprint density at radius 2 is 2.08 bits per heavy atom. The smallest absolute Gasteiger partial charge is 0.173 e. The van der Waals surface area contributed by atoms with Crippen molar-refractivity contribution in [1.29, 1.82) is 0 Å². The minimum absolute atomic E-state index is 0.334. The first-order valence-electron chi connectivity index (χ1n) is 4.02. The van der Waals surface area contributed by atoms with E-state index in [1.165, 1.54) is 7.11 Å². The molecule has 1 heterocycles. The molecular weight excluding hydrogens is 178 g/mol. The lowest BCUT2D eigenvalue weighted by Crippen LogP contribution is -2.62. The summed E-state index contributed by atoms with van der Waals surface area (Å²) < 4.78 is 9.82. The Labute approximate surface area is 75.9 Å². The molecule has 0 aromatic rings. The second-order valence-corrected chi connectivity index (χ2v) is 3.02. The van der Waals surface area contributed by atoms with Crippen LogP contribution < -0.4 is 5.73 Å². The lowest BCUT2D eigenvalue weighted by Gasteiger charge is -2.39. The summed E-state index contributed by atoms with van der Waals surface area (Å²) >= 11 is 0. The Bertz CT molecular complexity index is 165. The van der Waals surface area contributed by atoms with E-state index in [4.69, 9.17) is 20.3 Å². The van der Waals surface area contributed by atoms with Gasteiger partial charge in [-0.3, -0.25) is 0 Å². The third-order valence-corrected chi connectivity index (χ3v) is 2.19. The number of nitrogens with two attached hydrogens (primary N) is 1. The summed E-state index contributed by atoms with van der Waals surface area (Å²) in [7, 11) is 1.38. The molecule has 6 heteroatoms. The summed E-state index contributed by atoms with van der Waals surface area (Å²) in [5.74, 6) is 0. The average molecular weight is 193 g/mol. The minimum Gasteiger partial charge on any atom is -0.394 e. The number of ether oxygens (including phenoxy) is 2. The molecule has 0 spiro atoms. The fourth-order valence-electron chi connectivity index (χ4n) is 1.39. The molecule has 1 saturated heterocycles. The van der Waals surface area contributed by atoms with Crippen molar-refractivity contribution in [3.05, 3.63) is 0 Å². The molecule has 0 bridgehead atoms. The van der Waals surface area contributed by atoms with Crippen molar-refractivity contribution in [2.75, 3.05) is 13.7 Å². The summed E-state index contributed by atoms with van der Waals surface area (Å²) in [6.07, 6.45) is -3.75. The van der Waals surface area contributed by atoms with Gasteiger partial charge in [0.1, 0.15) is 18.3 Å². The number of hydrogen-bond donors (Lipinski definition) is 4. The Kier molecular flexibility index (Phi) is 3.60. The third-order valence-electron chi connectivity index (χ3n) is 2.19. The Balaban J connectivity index is 2.69. The van der Waals surface area contributed by atoms with Crippen molar-refractivity contribution >= 4 is 0 Å². The largest absolute Gasteiger partial charge is 0.394 e. The highest BCUT2D eigenvalue weighted by Gasteiger charge is 2.42. The molecule has 0 aliphatic carbocycles. The highest BCUT2D eigenvalue weighted by Crippen LogP contribution is 2.20.